The number of hydrogen-bond donors (Lipinski definition) is 1. The molecule has 0 amide bonds. The zero-order chi connectivity index (χ0) is 16.6. The zero-order valence-corrected chi connectivity index (χ0v) is 12.5. The van der Waals surface area contributed by atoms with Crippen LogP contribution in [0.15, 0.2) is 36.4 Å². The van der Waals surface area contributed by atoms with Crippen LogP contribution in [0.3, 0.4) is 0 Å². The number of fused-ring (bicyclic) bond motifs is 1. The Morgan fingerprint density at radius 1 is 0.957 bits per heavy atom. The van der Waals surface area contributed by atoms with Crippen molar-refractivity contribution in [3.63, 3.8) is 0 Å². The van der Waals surface area contributed by atoms with E-state index in [1.807, 2.05) is 0 Å². The second-order valence-electron chi connectivity index (χ2n) is 5.04. The number of pyridine rings is 1. The van der Waals surface area contributed by atoms with E-state index in [0.717, 1.165) is 12.1 Å². The molecular formula is C17H13F3N2O. The van der Waals surface area contributed by atoms with E-state index in [1.165, 1.54) is 0 Å². The number of nitrogens with one attached hydrogen (secondary N) is 1. The molecule has 118 valence electrons. The van der Waals surface area contributed by atoms with E-state index in [1.54, 1.807) is 38.3 Å². The maximum absolute atomic E-state index is 13.9. The first-order valence-electron chi connectivity index (χ1n) is 6.85. The Morgan fingerprint density at radius 3 is 2.48 bits per heavy atom. The van der Waals surface area contributed by atoms with E-state index in [2.05, 4.69) is 10.3 Å². The Labute approximate surface area is 130 Å². The van der Waals surface area contributed by atoms with Crippen molar-refractivity contribution < 1.29 is 17.9 Å². The van der Waals surface area contributed by atoms with Crippen molar-refractivity contribution in [3.8, 4) is 5.75 Å². The van der Waals surface area contributed by atoms with Crippen LogP contribution in [0.25, 0.3) is 10.9 Å². The number of anilines is 2. The molecule has 3 rings (SSSR count). The molecule has 0 spiro atoms. The second-order valence-corrected chi connectivity index (χ2v) is 5.04. The monoisotopic (exact) mass is 318 g/mol. The molecule has 0 aliphatic heterocycles. The first-order chi connectivity index (χ1) is 11.0. The standard InChI is InChI=1S/C17H13F3N2O/c1-9-7-14(11-4-3-10(23-2)8-15(11)21-9)22-13-6-5-12(18)16(19)17(13)20/h3-8H,1-2H3,(H,21,22). The summed E-state index contributed by atoms with van der Waals surface area (Å²) in [5.41, 5.74) is 1.73. The van der Waals surface area contributed by atoms with Crippen LogP contribution in [0.2, 0.25) is 0 Å². The van der Waals surface area contributed by atoms with Crippen molar-refractivity contribution in [2.75, 3.05) is 12.4 Å². The molecule has 1 N–H and O–H groups in total. The lowest BCUT2D eigenvalue weighted by Crippen LogP contribution is -2.00. The van der Waals surface area contributed by atoms with Crippen molar-refractivity contribution >= 4 is 22.3 Å². The van der Waals surface area contributed by atoms with Gasteiger partial charge in [0, 0.05) is 22.8 Å². The lowest BCUT2D eigenvalue weighted by molar-refractivity contribution is 0.415. The van der Waals surface area contributed by atoms with Gasteiger partial charge < -0.3 is 10.1 Å². The van der Waals surface area contributed by atoms with E-state index in [4.69, 9.17) is 4.74 Å². The summed E-state index contributed by atoms with van der Waals surface area (Å²) in [6.45, 7) is 1.78. The smallest absolute Gasteiger partial charge is 0.196 e. The Kier molecular flexibility index (Phi) is 3.82. The van der Waals surface area contributed by atoms with E-state index in [0.29, 0.717) is 28.0 Å². The van der Waals surface area contributed by atoms with Gasteiger partial charge in [-0.05, 0) is 37.3 Å². The third-order valence-corrected chi connectivity index (χ3v) is 3.45. The molecule has 3 nitrogen and oxygen atoms in total. The molecule has 0 unspecified atom stereocenters. The van der Waals surface area contributed by atoms with Crippen LogP contribution in [0, 0.1) is 24.4 Å². The van der Waals surface area contributed by atoms with E-state index in [-0.39, 0.29) is 5.69 Å². The summed E-state index contributed by atoms with van der Waals surface area (Å²) in [4.78, 5) is 4.39. The van der Waals surface area contributed by atoms with E-state index >= 15 is 0 Å². The highest BCUT2D eigenvalue weighted by Gasteiger charge is 2.14. The largest absolute Gasteiger partial charge is 0.497 e. The third kappa shape index (κ3) is 2.79. The molecule has 0 saturated carbocycles. The van der Waals surface area contributed by atoms with Gasteiger partial charge in [-0.25, -0.2) is 13.2 Å². The fourth-order valence-corrected chi connectivity index (χ4v) is 2.34. The molecule has 0 aliphatic carbocycles. The van der Waals surface area contributed by atoms with Crippen LogP contribution < -0.4 is 10.1 Å². The summed E-state index contributed by atoms with van der Waals surface area (Å²) in [6.07, 6.45) is 0. The van der Waals surface area contributed by atoms with Gasteiger partial charge in [0.1, 0.15) is 5.75 Å². The average molecular weight is 318 g/mol. The van der Waals surface area contributed by atoms with Gasteiger partial charge >= 0.3 is 0 Å². The van der Waals surface area contributed by atoms with E-state index < -0.39 is 17.5 Å². The molecular weight excluding hydrogens is 305 g/mol. The number of aryl methyl sites for hydroxylation is 1. The Morgan fingerprint density at radius 2 is 1.74 bits per heavy atom. The van der Waals surface area contributed by atoms with Gasteiger partial charge in [-0.3, -0.25) is 4.98 Å². The Bertz CT molecular complexity index is 897. The SMILES string of the molecule is COc1ccc2c(Nc3ccc(F)c(F)c3F)cc(C)nc2c1. The first kappa shape index (κ1) is 15.1. The minimum atomic E-state index is -1.51. The van der Waals surface area contributed by atoms with Crippen LogP contribution in [0.4, 0.5) is 24.5 Å². The van der Waals surface area contributed by atoms with Crippen LogP contribution in [0.5, 0.6) is 5.75 Å². The van der Waals surface area contributed by atoms with Crippen LogP contribution in [-0.2, 0) is 0 Å². The van der Waals surface area contributed by atoms with Gasteiger partial charge in [-0.2, -0.15) is 0 Å². The predicted molar refractivity (Wildman–Crippen MR) is 82.6 cm³/mol. The number of nitrogens with zero attached hydrogens (tertiary/aromatic N) is 1. The number of methoxy groups -OCH3 is 1. The molecule has 0 bridgehead atoms. The third-order valence-electron chi connectivity index (χ3n) is 3.45. The van der Waals surface area contributed by atoms with Crippen molar-refractivity contribution in [3.05, 3.63) is 59.5 Å². The fourth-order valence-electron chi connectivity index (χ4n) is 2.34. The first-order valence-corrected chi connectivity index (χ1v) is 6.85. The number of halogens is 3. The molecule has 1 heterocycles. The van der Waals surface area contributed by atoms with E-state index in [9.17, 15) is 13.2 Å². The summed E-state index contributed by atoms with van der Waals surface area (Å²) < 4.78 is 45.4. The van der Waals surface area contributed by atoms with Gasteiger partial charge in [-0.15, -0.1) is 0 Å². The maximum atomic E-state index is 13.9. The molecule has 0 radical (unpaired) electrons. The summed E-state index contributed by atoms with van der Waals surface area (Å²) in [7, 11) is 1.55. The van der Waals surface area contributed by atoms with Gasteiger partial charge in [0.05, 0.1) is 18.3 Å². The molecule has 6 heteroatoms. The van der Waals surface area contributed by atoms with Gasteiger partial charge in [-0.1, -0.05) is 0 Å². The molecule has 3 aromatic rings. The summed E-state index contributed by atoms with van der Waals surface area (Å²) >= 11 is 0. The molecule has 23 heavy (non-hydrogen) atoms. The number of aromatic nitrogens is 1. The Hall–Kier alpha value is -2.76. The highest BCUT2D eigenvalue weighted by atomic mass is 19.2. The number of hydrogen-bond acceptors (Lipinski definition) is 3. The highest BCUT2D eigenvalue weighted by Crippen LogP contribution is 2.30. The molecule has 0 aliphatic rings. The minimum Gasteiger partial charge on any atom is -0.497 e. The second kappa shape index (κ2) is 5.79. The quantitative estimate of drug-likeness (QED) is 0.710. The summed E-state index contributed by atoms with van der Waals surface area (Å²) in [5.74, 6) is -3.36. The average Bonchev–Trinajstić information content (AvgIpc) is 2.54. The van der Waals surface area contributed by atoms with Crippen molar-refractivity contribution in [1.82, 2.24) is 4.98 Å². The minimum absolute atomic E-state index is 0.147. The maximum Gasteiger partial charge on any atom is 0.196 e. The van der Waals surface area contributed by atoms with Crippen molar-refractivity contribution in [2.45, 2.75) is 6.92 Å². The zero-order valence-electron chi connectivity index (χ0n) is 12.5. The lowest BCUT2D eigenvalue weighted by atomic mass is 10.1. The van der Waals surface area contributed by atoms with Crippen LogP contribution in [0.1, 0.15) is 5.69 Å². The highest BCUT2D eigenvalue weighted by molar-refractivity contribution is 5.94. The summed E-state index contributed by atoms with van der Waals surface area (Å²) in [6, 6.07) is 8.98. The molecule has 0 saturated heterocycles. The molecule has 0 atom stereocenters. The van der Waals surface area contributed by atoms with Gasteiger partial charge in [0.25, 0.3) is 0 Å². The van der Waals surface area contributed by atoms with Gasteiger partial charge in [0.2, 0.25) is 0 Å². The van der Waals surface area contributed by atoms with Crippen LogP contribution >= 0.6 is 0 Å². The summed E-state index contributed by atoms with van der Waals surface area (Å²) in [5, 5.41) is 3.51. The topological polar surface area (TPSA) is 34.1 Å². The lowest BCUT2D eigenvalue weighted by Gasteiger charge is -2.12. The number of rotatable bonds is 3. The number of benzene rings is 2. The predicted octanol–water partition coefficient (Wildman–Crippen LogP) is 4.71. The fraction of sp³-hybridized carbons (Fsp3) is 0.118. The normalized spacial score (nSPS) is 10.8. The molecule has 0 fully saturated rings. The van der Waals surface area contributed by atoms with Crippen molar-refractivity contribution in [2.24, 2.45) is 0 Å². The molecule has 1 aromatic heterocycles. The van der Waals surface area contributed by atoms with Gasteiger partial charge in [0.15, 0.2) is 17.5 Å². The Balaban J connectivity index is 2.11. The van der Waals surface area contributed by atoms with Crippen molar-refractivity contribution in [1.29, 1.82) is 0 Å². The number of ether oxygens (including phenoxy) is 1. The molecule has 2 aromatic carbocycles. The van der Waals surface area contributed by atoms with Crippen LogP contribution in [-0.4, -0.2) is 12.1 Å².